The van der Waals surface area contributed by atoms with E-state index in [0.29, 0.717) is 0 Å². The van der Waals surface area contributed by atoms with Gasteiger partial charge in [0.1, 0.15) is 11.6 Å². The zero-order chi connectivity index (χ0) is 13.7. The third-order valence-electron chi connectivity index (χ3n) is 3.04. The first-order chi connectivity index (χ1) is 9.19. The van der Waals surface area contributed by atoms with Crippen LogP contribution in [0.3, 0.4) is 0 Å². The largest absolute Gasteiger partial charge is 0.497 e. The Balaban J connectivity index is 1.95. The fraction of sp³-hybridized carbons (Fsp3) is 0.333. The van der Waals surface area contributed by atoms with Gasteiger partial charge in [0.25, 0.3) is 0 Å². The molecule has 1 aromatic carbocycles. The summed E-state index contributed by atoms with van der Waals surface area (Å²) < 4.78 is 5.15. The summed E-state index contributed by atoms with van der Waals surface area (Å²) in [6.07, 6.45) is 1.79. The number of aryl methyl sites for hydroxylation is 1. The van der Waals surface area contributed by atoms with Crippen LogP contribution < -0.4 is 10.1 Å². The number of nitrogens with zero attached hydrogens (tertiary/aromatic N) is 2. The molecule has 1 aromatic heterocycles. The standard InChI is InChI=1S/C15H19N3O/c1-11(13-4-6-15(19-3)7-5-13)17-10-14-8-9-16-12(2)18-14/h4-9,11,17H,10H2,1-3H3/t11-/m1/s1. The molecule has 0 saturated heterocycles. The van der Waals surface area contributed by atoms with Crippen LogP contribution >= 0.6 is 0 Å². The minimum absolute atomic E-state index is 0.265. The molecule has 0 radical (unpaired) electrons. The number of aromatic nitrogens is 2. The Morgan fingerprint density at radius 2 is 1.95 bits per heavy atom. The maximum absolute atomic E-state index is 5.15. The zero-order valence-corrected chi connectivity index (χ0v) is 11.6. The second kappa shape index (κ2) is 6.29. The van der Waals surface area contributed by atoms with Crippen molar-refractivity contribution >= 4 is 0 Å². The van der Waals surface area contributed by atoms with Gasteiger partial charge < -0.3 is 10.1 Å². The Bertz CT molecular complexity index is 525. The molecular formula is C15H19N3O. The smallest absolute Gasteiger partial charge is 0.125 e. The average Bonchev–Trinajstić information content (AvgIpc) is 2.45. The molecule has 100 valence electrons. The van der Waals surface area contributed by atoms with Gasteiger partial charge in [-0.1, -0.05) is 12.1 Å². The van der Waals surface area contributed by atoms with Gasteiger partial charge in [0.2, 0.25) is 0 Å². The summed E-state index contributed by atoms with van der Waals surface area (Å²) in [5.41, 5.74) is 2.24. The summed E-state index contributed by atoms with van der Waals surface area (Å²) in [5, 5.41) is 3.45. The molecule has 0 fully saturated rings. The highest BCUT2D eigenvalue weighted by molar-refractivity contribution is 5.28. The molecular weight excluding hydrogens is 238 g/mol. The van der Waals surface area contributed by atoms with Gasteiger partial charge in [0.05, 0.1) is 12.8 Å². The average molecular weight is 257 g/mol. The van der Waals surface area contributed by atoms with E-state index in [-0.39, 0.29) is 6.04 Å². The van der Waals surface area contributed by atoms with Crippen LogP contribution in [0.5, 0.6) is 5.75 Å². The van der Waals surface area contributed by atoms with E-state index >= 15 is 0 Å². The number of methoxy groups -OCH3 is 1. The molecule has 0 aliphatic heterocycles. The van der Waals surface area contributed by atoms with Crippen LogP contribution in [-0.4, -0.2) is 17.1 Å². The second-order valence-corrected chi connectivity index (χ2v) is 4.47. The van der Waals surface area contributed by atoms with Crippen LogP contribution in [0.15, 0.2) is 36.5 Å². The lowest BCUT2D eigenvalue weighted by Crippen LogP contribution is -2.19. The number of nitrogens with one attached hydrogen (secondary N) is 1. The fourth-order valence-electron chi connectivity index (χ4n) is 1.87. The summed E-state index contributed by atoms with van der Waals surface area (Å²) in [7, 11) is 1.67. The third kappa shape index (κ3) is 3.76. The van der Waals surface area contributed by atoms with Gasteiger partial charge >= 0.3 is 0 Å². The molecule has 1 heterocycles. The highest BCUT2D eigenvalue weighted by atomic mass is 16.5. The van der Waals surface area contributed by atoms with Crippen molar-refractivity contribution in [2.24, 2.45) is 0 Å². The molecule has 0 bridgehead atoms. The van der Waals surface area contributed by atoms with Crippen molar-refractivity contribution in [3.05, 3.63) is 53.6 Å². The summed E-state index contributed by atoms with van der Waals surface area (Å²) >= 11 is 0. The first-order valence-corrected chi connectivity index (χ1v) is 6.35. The molecule has 4 heteroatoms. The van der Waals surface area contributed by atoms with E-state index in [1.807, 2.05) is 25.1 Å². The fourth-order valence-corrected chi connectivity index (χ4v) is 1.87. The number of rotatable bonds is 5. The van der Waals surface area contributed by atoms with Crippen molar-refractivity contribution in [1.29, 1.82) is 0 Å². The highest BCUT2D eigenvalue weighted by Crippen LogP contribution is 2.17. The van der Waals surface area contributed by atoms with Crippen LogP contribution in [0.1, 0.15) is 30.0 Å². The molecule has 4 nitrogen and oxygen atoms in total. The van der Waals surface area contributed by atoms with Gasteiger partial charge in [-0.05, 0) is 37.6 Å². The Morgan fingerprint density at radius 1 is 1.21 bits per heavy atom. The van der Waals surface area contributed by atoms with Crippen molar-refractivity contribution in [2.75, 3.05) is 7.11 Å². The van der Waals surface area contributed by atoms with Gasteiger partial charge in [-0.2, -0.15) is 0 Å². The molecule has 2 rings (SSSR count). The van der Waals surface area contributed by atoms with Crippen molar-refractivity contribution in [1.82, 2.24) is 15.3 Å². The molecule has 2 aromatic rings. The van der Waals surface area contributed by atoms with Crippen LogP contribution in [0.2, 0.25) is 0 Å². The third-order valence-corrected chi connectivity index (χ3v) is 3.04. The maximum atomic E-state index is 5.15. The summed E-state index contributed by atoms with van der Waals surface area (Å²) in [5.74, 6) is 1.68. The zero-order valence-electron chi connectivity index (χ0n) is 11.6. The summed E-state index contributed by atoms with van der Waals surface area (Å²) in [6.45, 7) is 4.77. The van der Waals surface area contributed by atoms with E-state index in [1.165, 1.54) is 5.56 Å². The van der Waals surface area contributed by atoms with E-state index < -0.39 is 0 Å². The highest BCUT2D eigenvalue weighted by Gasteiger charge is 2.05. The number of ether oxygens (including phenoxy) is 1. The van der Waals surface area contributed by atoms with Crippen LogP contribution in [0.4, 0.5) is 0 Å². The van der Waals surface area contributed by atoms with Gasteiger partial charge in [-0.25, -0.2) is 9.97 Å². The first kappa shape index (κ1) is 13.5. The molecule has 0 saturated carbocycles. The van der Waals surface area contributed by atoms with E-state index in [2.05, 4.69) is 34.3 Å². The van der Waals surface area contributed by atoms with Gasteiger partial charge in [0.15, 0.2) is 0 Å². The molecule has 0 aliphatic rings. The molecule has 1 atom stereocenters. The molecule has 0 unspecified atom stereocenters. The minimum atomic E-state index is 0.265. The lowest BCUT2D eigenvalue weighted by Gasteiger charge is -2.14. The predicted octanol–water partition coefficient (Wildman–Crippen LogP) is 2.64. The van der Waals surface area contributed by atoms with Crippen LogP contribution in [0.25, 0.3) is 0 Å². The lowest BCUT2D eigenvalue weighted by molar-refractivity contribution is 0.414. The van der Waals surface area contributed by atoms with E-state index in [0.717, 1.165) is 23.8 Å². The molecule has 0 aliphatic carbocycles. The van der Waals surface area contributed by atoms with Crippen molar-refractivity contribution in [3.8, 4) is 5.75 Å². The lowest BCUT2D eigenvalue weighted by atomic mass is 10.1. The Morgan fingerprint density at radius 3 is 2.58 bits per heavy atom. The van der Waals surface area contributed by atoms with Gasteiger partial charge in [0, 0.05) is 18.8 Å². The van der Waals surface area contributed by atoms with Gasteiger partial charge in [-0.3, -0.25) is 0 Å². The Kier molecular flexibility index (Phi) is 4.47. The van der Waals surface area contributed by atoms with Crippen LogP contribution in [-0.2, 0) is 6.54 Å². The summed E-state index contributed by atoms with van der Waals surface area (Å²) in [6, 6.07) is 10.3. The molecule has 19 heavy (non-hydrogen) atoms. The topological polar surface area (TPSA) is 47.0 Å². The first-order valence-electron chi connectivity index (χ1n) is 6.35. The number of benzene rings is 1. The van der Waals surface area contributed by atoms with Gasteiger partial charge in [-0.15, -0.1) is 0 Å². The van der Waals surface area contributed by atoms with Crippen molar-refractivity contribution in [2.45, 2.75) is 26.4 Å². The monoisotopic (exact) mass is 257 g/mol. The Labute approximate surface area is 113 Å². The second-order valence-electron chi connectivity index (χ2n) is 4.47. The van der Waals surface area contributed by atoms with Crippen molar-refractivity contribution in [3.63, 3.8) is 0 Å². The number of hydrogen-bond acceptors (Lipinski definition) is 4. The molecule has 0 amide bonds. The molecule has 1 N–H and O–H groups in total. The maximum Gasteiger partial charge on any atom is 0.125 e. The molecule has 0 spiro atoms. The van der Waals surface area contributed by atoms with Crippen LogP contribution in [0, 0.1) is 6.92 Å². The number of hydrogen-bond donors (Lipinski definition) is 1. The van der Waals surface area contributed by atoms with Crippen molar-refractivity contribution < 1.29 is 4.74 Å². The van der Waals surface area contributed by atoms with E-state index in [1.54, 1.807) is 13.3 Å². The normalized spacial score (nSPS) is 12.2. The van der Waals surface area contributed by atoms with E-state index in [4.69, 9.17) is 4.74 Å². The Hall–Kier alpha value is -1.94. The SMILES string of the molecule is COc1ccc([C@@H](C)NCc2ccnc(C)n2)cc1. The minimum Gasteiger partial charge on any atom is -0.497 e. The summed E-state index contributed by atoms with van der Waals surface area (Å²) in [4.78, 5) is 8.46. The van der Waals surface area contributed by atoms with E-state index in [9.17, 15) is 0 Å². The predicted molar refractivity (Wildman–Crippen MR) is 75.0 cm³/mol. The quantitative estimate of drug-likeness (QED) is 0.894.